The van der Waals surface area contributed by atoms with E-state index in [0.717, 1.165) is 42.9 Å². The molecule has 1 aliphatic heterocycles. The molecule has 0 aliphatic carbocycles. The fourth-order valence-electron chi connectivity index (χ4n) is 5.10. The number of aromatic nitrogens is 6. The Morgan fingerprint density at radius 3 is 2.71 bits per heavy atom. The fourth-order valence-corrected chi connectivity index (χ4v) is 5.10. The zero-order valence-electron chi connectivity index (χ0n) is 25.0. The first-order valence-corrected chi connectivity index (χ1v) is 14.6. The monoisotopic (exact) mass is 609 g/mol. The SMILES string of the molecule is CC/C=C\C(=C/n1c(-c2cccnc2N)nc2ccc(/C(N)=C/N(N)CF)nc21)CN1CCC(Nc2ccnc(C#N)n2)CC1. The highest BCUT2D eigenvalue weighted by molar-refractivity contribution is 5.84. The summed E-state index contributed by atoms with van der Waals surface area (Å²) in [6, 6.07) is 11.2. The van der Waals surface area contributed by atoms with Gasteiger partial charge in [0.15, 0.2) is 12.4 Å². The van der Waals surface area contributed by atoms with Crippen molar-refractivity contribution < 1.29 is 4.39 Å². The van der Waals surface area contributed by atoms with Gasteiger partial charge in [0.25, 0.3) is 0 Å². The number of hydrogen-bond acceptors (Lipinski definition) is 12. The summed E-state index contributed by atoms with van der Waals surface area (Å²) >= 11 is 0. The van der Waals surface area contributed by atoms with Crippen molar-refractivity contribution in [2.24, 2.45) is 11.6 Å². The topological polar surface area (TPSA) is 190 Å². The second-order valence-electron chi connectivity index (χ2n) is 10.6. The molecule has 4 aromatic rings. The number of rotatable bonds is 11. The van der Waals surface area contributed by atoms with Crippen LogP contribution in [0.1, 0.15) is 37.7 Å². The van der Waals surface area contributed by atoms with Crippen LogP contribution in [0.15, 0.2) is 66.7 Å². The zero-order chi connectivity index (χ0) is 31.8. The molecule has 0 atom stereocenters. The van der Waals surface area contributed by atoms with E-state index in [-0.39, 0.29) is 17.6 Å². The molecule has 13 nitrogen and oxygen atoms in total. The van der Waals surface area contributed by atoms with Gasteiger partial charge in [0, 0.05) is 50.5 Å². The zero-order valence-corrected chi connectivity index (χ0v) is 25.0. The lowest BCUT2D eigenvalue weighted by Gasteiger charge is -2.32. The van der Waals surface area contributed by atoms with Crippen molar-refractivity contribution in [1.29, 1.82) is 5.26 Å². The Morgan fingerprint density at radius 2 is 1.98 bits per heavy atom. The highest BCUT2D eigenvalue weighted by Crippen LogP contribution is 2.29. The molecule has 45 heavy (non-hydrogen) atoms. The molecule has 0 aromatic carbocycles. The third-order valence-electron chi connectivity index (χ3n) is 7.32. The molecule has 5 rings (SSSR count). The molecule has 4 aromatic heterocycles. The first kappa shape index (κ1) is 31.0. The van der Waals surface area contributed by atoms with Gasteiger partial charge in [-0.05, 0) is 55.2 Å². The maximum Gasteiger partial charge on any atom is 0.234 e. The van der Waals surface area contributed by atoms with E-state index in [0.29, 0.717) is 46.4 Å². The summed E-state index contributed by atoms with van der Waals surface area (Å²) in [6.07, 6.45) is 13.5. The number of anilines is 2. The van der Waals surface area contributed by atoms with E-state index in [9.17, 15) is 4.39 Å². The highest BCUT2D eigenvalue weighted by Gasteiger charge is 2.21. The molecule has 0 bridgehead atoms. The van der Waals surface area contributed by atoms with E-state index in [1.807, 2.05) is 35.0 Å². The second kappa shape index (κ2) is 14.4. The molecule has 5 heterocycles. The van der Waals surface area contributed by atoms with Crippen molar-refractivity contribution in [1.82, 2.24) is 39.4 Å². The highest BCUT2D eigenvalue weighted by atomic mass is 19.1. The standard InChI is InChI=1S/C31H36FN13/c1-2-3-5-21(17-43-14-10-22(11-15-43)39-27-9-13-37-28(16-33)42-27)18-45-30(23-6-4-12-38-29(23)35)41-26-8-7-25(40-31(26)45)24(34)19-44(36)20-32/h3-9,12-13,18-19,22H,2,10-11,14-15,17,20,34,36H2,1H3,(H2,35,38)(H,37,39,42)/b5-3-,21-18+,24-19-. The molecule has 0 spiro atoms. The maximum absolute atomic E-state index is 13.0. The van der Waals surface area contributed by atoms with Gasteiger partial charge in [0.2, 0.25) is 5.82 Å². The molecule has 0 unspecified atom stereocenters. The Hall–Kier alpha value is -5.39. The molecular formula is C31H36FN13. The summed E-state index contributed by atoms with van der Waals surface area (Å²) in [4.78, 5) is 24.5. The third-order valence-corrected chi connectivity index (χ3v) is 7.32. The van der Waals surface area contributed by atoms with Crippen LogP contribution in [0.3, 0.4) is 0 Å². The number of imidazole rings is 1. The first-order valence-electron chi connectivity index (χ1n) is 14.6. The summed E-state index contributed by atoms with van der Waals surface area (Å²) in [5, 5.41) is 13.4. The molecule has 0 saturated carbocycles. The number of piperidine rings is 1. The number of hydrogen-bond donors (Lipinski definition) is 4. The van der Waals surface area contributed by atoms with Crippen LogP contribution < -0.4 is 22.6 Å². The van der Waals surface area contributed by atoms with Crippen LogP contribution in [-0.4, -0.2) is 71.9 Å². The van der Waals surface area contributed by atoms with Crippen LogP contribution in [0.25, 0.3) is 34.4 Å². The summed E-state index contributed by atoms with van der Waals surface area (Å²) < 4.78 is 14.9. The maximum atomic E-state index is 13.0. The van der Waals surface area contributed by atoms with Gasteiger partial charge in [-0.15, -0.1) is 0 Å². The van der Waals surface area contributed by atoms with Gasteiger partial charge < -0.3 is 16.8 Å². The molecular weight excluding hydrogens is 573 g/mol. The molecule has 0 radical (unpaired) electrons. The summed E-state index contributed by atoms with van der Waals surface area (Å²) in [5.74, 6) is 7.34. The van der Waals surface area contributed by atoms with Crippen molar-refractivity contribution in [3.63, 3.8) is 0 Å². The van der Waals surface area contributed by atoms with E-state index in [1.165, 1.54) is 6.20 Å². The number of nitrogen functional groups attached to an aromatic ring is 1. The van der Waals surface area contributed by atoms with Gasteiger partial charge in [-0.3, -0.25) is 14.5 Å². The average Bonchev–Trinajstić information content (AvgIpc) is 3.41. The van der Waals surface area contributed by atoms with E-state index in [2.05, 4.69) is 44.2 Å². The number of likely N-dealkylation sites (tertiary alicyclic amines) is 1. The van der Waals surface area contributed by atoms with Gasteiger partial charge in [0.05, 0.1) is 17.0 Å². The van der Waals surface area contributed by atoms with Crippen LogP contribution in [0.5, 0.6) is 0 Å². The van der Waals surface area contributed by atoms with Crippen LogP contribution in [0, 0.1) is 11.3 Å². The van der Waals surface area contributed by atoms with Crippen molar-refractivity contribution in [3.05, 3.63) is 78.2 Å². The molecule has 0 amide bonds. The number of nitrogens with two attached hydrogens (primary N) is 3. The normalized spacial score (nSPS) is 15.1. The minimum absolute atomic E-state index is 0.149. The number of pyridine rings is 2. The molecule has 1 fully saturated rings. The van der Waals surface area contributed by atoms with E-state index < -0.39 is 6.80 Å². The van der Waals surface area contributed by atoms with Gasteiger partial charge in [-0.2, -0.15) is 5.26 Å². The number of nitrogens with zero attached hydrogens (tertiary/aromatic N) is 9. The third kappa shape index (κ3) is 7.58. The Labute approximate surface area is 260 Å². The second-order valence-corrected chi connectivity index (χ2v) is 10.6. The van der Waals surface area contributed by atoms with Crippen LogP contribution in [0.4, 0.5) is 16.0 Å². The summed E-state index contributed by atoms with van der Waals surface area (Å²) in [6.45, 7) is 3.62. The molecule has 1 aliphatic rings. The Balaban J connectivity index is 1.46. The van der Waals surface area contributed by atoms with Crippen molar-refractivity contribution in [2.75, 3.05) is 37.5 Å². The van der Waals surface area contributed by atoms with E-state index >= 15 is 0 Å². The van der Waals surface area contributed by atoms with Gasteiger partial charge in [-0.1, -0.05) is 19.1 Å². The minimum Gasteiger partial charge on any atom is -0.396 e. The minimum atomic E-state index is -0.892. The predicted molar refractivity (Wildman–Crippen MR) is 173 cm³/mol. The van der Waals surface area contributed by atoms with Gasteiger partial charge in [-0.25, -0.2) is 35.2 Å². The van der Waals surface area contributed by atoms with Gasteiger partial charge in [0.1, 0.15) is 29.0 Å². The molecule has 7 N–H and O–H groups in total. The smallest absolute Gasteiger partial charge is 0.234 e. The van der Waals surface area contributed by atoms with Crippen molar-refractivity contribution in [2.45, 2.75) is 32.2 Å². The van der Waals surface area contributed by atoms with E-state index in [4.69, 9.17) is 32.5 Å². The number of nitrogens with one attached hydrogen (secondary N) is 1. The lowest BCUT2D eigenvalue weighted by atomic mass is 10.0. The number of alkyl halides is 1. The number of hydrazine groups is 1. The van der Waals surface area contributed by atoms with Crippen molar-refractivity contribution >= 4 is 34.7 Å². The Bertz CT molecular complexity index is 1760. The number of halogens is 1. The quantitative estimate of drug-likeness (QED) is 0.0839. The lowest BCUT2D eigenvalue weighted by molar-refractivity contribution is 0.237. The van der Waals surface area contributed by atoms with E-state index in [1.54, 1.807) is 24.5 Å². The van der Waals surface area contributed by atoms with Crippen molar-refractivity contribution in [3.8, 4) is 17.5 Å². The first-order chi connectivity index (χ1) is 21.9. The number of fused-ring (bicyclic) bond motifs is 1. The summed E-state index contributed by atoms with van der Waals surface area (Å²) in [5.41, 5.74) is 16.0. The largest absolute Gasteiger partial charge is 0.396 e. The van der Waals surface area contributed by atoms with Gasteiger partial charge >= 0.3 is 0 Å². The van der Waals surface area contributed by atoms with Crippen LogP contribution in [-0.2, 0) is 0 Å². The van der Waals surface area contributed by atoms with Crippen LogP contribution >= 0.6 is 0 Å². The fraction of sp³-hybridized carbons (Fsp3) is 0.290. The number of allylic oxidation sites excluding steroid dienone is 1. The van der Waals surface area contributed by atoms with Crippen LogP contribution in [0.2, 0.25) is 0 Å². The molecule has 1 saturated heterocycles. The molecule has 14 heteroatoms. The Kier molecular flexibility index (Phi) is 9.93. The Morgan fingerprint density at radius 1 is 1.16 bits per heavy atom. The average molecular weight is 610 g/mol. The molecule has 232 valence electrons. The lowest BCUT2D eigenvalue weighted by Crippen LogP contribution is -2.40. The predicted octanol–water partition coefficient (Wildman–Crippen LogP) is 3.48. The number of nitriles is 1. The summed E-state index contributed by atoms with van der Waals surface area (Å²) in [7, 11) is 0.